The maximum atomic E-state index is 12.1. The van der Waals surface area contributed by atoms with Gasteiger partial charge in [0.25, 0.3) is 0 Å². The summed E-state index contributed by atoms with van der Waals surface area (Å²) in [6, 6.07) is -0.209. The van der Waals surface area contributed by atoms with Gasteiger partial charge in [0.15, 0.2) is 0 Å². The first-order chi connectivity index (χ1) is 10.7. The number of aromatic nitrogens is 2. The van der Waals surface area contributed by atoms with Crippen molar-refractivity contribution in [2.24, 2.45) is 0 Å². The van der Waals surface area contributed by atoms with E-state index < -0.39 is 0 Å². The molecule has 1 aromatic heterocycles. The van der Waals surface area contributed by atoms with Crippen LogP contribution in [0.3, 0.4) is 0 Å². The average molecular weight is 323 g/mol. The van der Waals surface area contributed by atoms with Gasteiger partial charge in [-0.3, -0.25) is 9.58 Å². The van der Waals surface area contributed by atoms with Crippen LogP contribution >= 0.6 is 0 Å². The fourth-order valence-corrected chi connectivity index (χ4v) is 2.51. The zero-order valence-corrected chi connectivity index (χ0v) is 14.8. The van der Waals surface area contributed by atoms with Gasteiger partial charge in [-0.05, 0) is 34.6 Å². The van der Waals surface area contributed by atoms with Crippen LogP contribution in [0.4, 0.5) is 10.5 Å². The summed E-state index contributed by atoms with van der Waals surface area (Å²) < 4.78 is 7.21. The highest BCUT2D eigenvalue weighted by Gasteiger charge is 2.28. The van der Waals surface area contributed by atoms with Crippen LogP contribution in [0.5, 0.6) is 0 Å². The van der Waals surface area contributed by atoms with E-state index >= 15 is 0 Å². The lowest BCUT2D eigenvalue weighted by molar-refractivity contribution is -0.00863. The van der Waals surface area contributed by atoms with Crippen LogP contribution in [0.2, 0.25) is 0 Å². The Balaban J connectivity index is 1.83. The molecule has 0 atom stereocenters. The van der Waals surface area contributed by atoms with Crippen LogP contribution in [0.15, 0.2) is 12.4 Å². The third kappa shape index (κ3) is 4.94. The lowest BCUT2D eigenvalue weighted by Crippen LogP contribution is -2.55. The van der Waals surface area contributed by atoms with Gasteiger partial charge in [0, 0.05) is 31.4 Å². The zero-order valence-electron chi connectivity index (χ0n) is 14.8. The van der Waals surface area contributed by atoms with Gasteiger partial charge < -0.3 is 15.4 Å². The van der Waals surface area contributed by atoms with E-state index in [1.807, 2.05) is 10.9 Å². The van der Waals surface area contributed by atoms with E-state index in [4.69, 9.17) is 4.74 Å². The molecule has 7 heteroatoms. The van der Waals surface area contributed by atoms with Crippen molar-refractivity contribution in [3.8, 4) is 0 Å². The number of urea groups is 1. The fraction of sp³-hybridized carbons (Fsp3) is 0.750. The third-order valence-corrected chi connectivity index (χ3v) is 4.08. The van der Waals surface area contributed by atoms with Gasteiger partial charge in [-0.1, -0.05) is 0 Å². The predicted molar refractivity (Wildman–Crippen MR) is 90.7 cm³/mol. The molecule has 0 spiro atoms. The minimum Gasteiger partial charge on any atom is -0.379 e. The predicted octanol–water partition coefficient (Wildman–Crippen LogP) is 1.87. The molecule has 1 saturated heterocycles. The molecule has 0 radical (unpaired) electrons. The number of hydrogen-bond donors (Lipinski definition) is 2. The van der Waals surface area contributed by atoms with Crippen molar-refractivity contribution in [2.75, 3.05) is 38.2 Å². The van der Waals surface area contributed by atoms with E-state index in [1.54, 1.807) is 6.20 Å². The maximum Gasteiger partial charge on any atom is 0.319 e. The minimum absolute atomic E-state index is 0.100. The molecule has 2 amide bonds. The number of morpholine rings is 1. The molecule has 0 unspecified atom stereocenters. The van der Waals surface area contributed by atoms with E-state index in [9.17, 15) is 4.79 Å². The third-order valence-electron chi connectivity index (χ3n) is 4.08. The molecule has 0 aromatic carbocycles. The largest absolute Gasteiger partial charge is 0.379 e. The van der Waals surface area contributed by atoms with Gasteiger partial charge in [0.1, 0.15) is 0 Å². The molecule has 2 rings (SSSR count). The molecule has 7 nitrogen and oxygen atoms in total. The summed E-state index contributed by atoms with van der Waals surface area (Å²) in [7, 11) is 0. The van der Waals surface area contributed by atoms with E-state index in [1.165, 1.54) is 0 Å². The van der Waals surface area contributed by atoms with E-state index in [2.05, 4.69) is 55.3 Å². The van der Waals surface area contributed by atoms with Crippen LogP contribution in [0.25, 0.3) is 0 Å². The summed E-state index contributed by atoms with van der Waals surface area (Å²) in [5, 5.41) is 10.1. The molecular weight excluding hydrogens is 294 g/mol. The normalized spacial score (nSPS) is 17.1. The average Bonchev–Trinajstić information content (AvgIpc) is 2.95. The number of carbonyl (C=O) groups excluding carboxylic acids is 1. The summed E-state index contributed by atoms with van der Waals surface area (Å²) in [5.74, 6) is 0. The molecule has 1 aromatic rings. The highest BCUT2D eigenvalue weighted by atomic mass is 16.5. The first-order valence-electron chi connectivity index (χ1n) is 8.11. The number of ether oxygens (including phenoxy) is 1. The van der Waals surface area contributed by atoms with Crippen molar-refractivity contribution < 1.29 is 9.53 Å². The molecule has 1 aliphatic heterocycles. The summed E-state index contributed by atoms with van der Waals surface area (Å²) in [6.45, 7) is 14.3. The molecule has 1 fully saturated rings. The van der Waals surface area contributed by atoms with Crippen molar-refractivity contribution in [1.82, 2.24) is 20.0 Å². The number of rotatable bonds is 4. The molecule has 2 N–H and O–H groups in total. The Morgan fingerprint density at radius 3 is 2.48 bits per heavy atom. The Bertz CT molecular complexity index is 527. The van der Waals surface area contributed by atoms with Gasteiger partial charge in [0.2, 0.25) is 0 Å². The second-order valence-corrected chi connectivity index (χ2v) is 7.56. The standard InChI is InChI=1S/C16H29N5O2/c1-15(2,3)21-11-13(10-18-21)19-14(22)17-12-16(4,5)20-6-8-23-9-7-20/h10-11H,6-9,12H2,1-5H3,(H2,17,19,22). The first-order valence-corrected chi connectivity index (χ1v) is 8.11. The van der Waals surface area contributed by atoms with E-state index in [-0.39, 0.29) is 17.1 Å². The quantitative estimate of drug-likeness (QED) is 0.887. The highest BCUT2D eigenvalue weighted by molar-refractivity contribution is 5.88. The van der Waals surface area contributed by atoms with E-state index in [0.717, 1.165) is 26.3 Å². The number of nitrogens with zero attached hydrogens (tertiary/aromatic N) is 3. The lowest BCUT2D eigenvalue weighted by atomic mass is 10.0. The van der Waals surface area contributed by atoms with Gasteiger partial charge in [-0.2, -0.15) is 5.10 Å². The van der Waals surface area contributed by atoms with Crippen molar-refractivity contribution in [3.05, 3.63) is 12.4 Å². The van der Waals surface area contributed by atoms with Crippen LogP contribution in [0, 0.1) is 0 Å². The van der Waals surface area contributed by atoms with Crippen molar-refractivity contribution in [1.29, 1.82) is 0 Å². The van der Waals surface area contributed by atoms with Gasteiger partial charge in [-0.15, -0.1) is 0 Å². The molecule has 130 valence electrons. The van der Waals surface area contributed by atoms with Crippen molar-refractivity contribution >= 4 is 11.7 Å². The number of anilines is 1. The lowest BCUT2D eigenvalue weighted by Gasteiger charge is -2.40. The Labute approximate surface area is 138 Å². The highest BCUT2D eigenvalue weighted by Crippen LogP contribution is 2.17. The van der Waals surface area contributed by atoms with Crippen LogP contribution in [-0.2, 0) is 10.3 Å². The summed E-state index contributed by atoms with van der Waals surface area (Å²) in [5.41, 5.74) is 0.493. The summed E-state index contributed by atoms with van der Waals surface area (Å²) >= 11 is 0. The van der Waals surface area contributed by atoms with E-state index in [0.29, 0.717) is 12.2 Å². The molecule has 0 bridgehead atoms. The second-order valence-electron chi connectivity index (χ2n) is 7.56. The van der Waals surface area contributed by atoms with Crippen molar-refractivity contribution in [3.63, 3.8) is 0 Å². The number of carbonyl (C=O) groups is 1. The number of nitrogens with one attached hydrogen (secondary N) is 2. The van der Waals surface area contributed by atoms with Gasteiger partial charge in [0.05, 0.1) is 30.6 Å². The summed E-state index contributed by atoms with van der Waals surface area (Å²) in [4.78, 5) is 14.4. The Hall–Kier alpha value is -1.60. The molecular formula is C16H29N5O2. The molecule has 1 aliphatic rings. The van der Waals surface area contributed by atoms with Crippen LogP contribution in [-0.4, -0.2) is 59.1 Å². The smallest absolute Gasteiger partial charge is 0.319 e. The molecule has 0 aliphatic carbocycles. The van der Waals surface area contributed by atoms with Gasteiger partial charge >= 0.3 is 6.03 Å². The zero-order chi connectivity index (χ0) is 17.1. The van der Waals surface area contributed by atoms with Crippen molar-refractivity contribution in [2.45, 2.75) is 45.7 Å². The minimum atomic E-state index is -0.209. The van der Waals surface area contributed by atoms with Crippen LogP contribution < -0.4 is 10.6 Å². The Morgan fingerprint density at radius 1 is 1.26 bits per heavy atom. The Kier molecular flexibility index (Phi) is 5.31. The summed E-state index contributed by atoms with van der Waals surface area (Å²) in [6.07, 6.45) is 3.50. The topological polar surface area (TPSA) is 71.4 Å². The SMILES string of the molecule is CC(C)(CNC(=O)Nc1cnn(C(C)(C)C)c1)N1CCOCC1. The Morgan fingerprint density at radius 2 is 1.91 bits per heavy atom. The van der Waals surface area contributed by atoms with Gasteiger partial charge in [-0.25, -0.2) is 4.79 Å². The first kappa shape index (κ1) is 17.7. The molecule has 0 saturated carbocycles. The number of hydrogen-bond acceptors (Lipinski definition) is 4. The maximum absolute atomic E-state index is 12.1. The molecule has 2 heterocycles. The molecule has 23 heavy (non-hydrogen) atoms. The number of amides is 2. The second kappa shape index (κ2) is 6.88. The van der Waals surface area contributed by atoms with Crippen LogP contribution in [0.1, 0.15) is 34.6 Å². The monoisotopic (exact) mass is 323 g/mol. The fourth-order valence-electron chi connectivity index (χ4n) is 2.51.